The van der Waals surface area contributed by atoms with Crippen LogP contribution < -0.4 is 10.6 Å². The number of methoxy groups -OCH3 is 1. The molecule has 8 nitrogen and oxygen atoms in total. The van der Waals surface area contributed by atoms with Gasteiger partial charge in [0.1, 0.15) is 5.69 Å². The van der Waals surface area contributed by atoms with Gasteiger partial charge in [-0.15, -0.1) is 0 Å². The topological polar surface area (TPSA) is 111 Å². The number of hydrogen-bond donors (Lipinski definition) is 2. The first-order valence-corrected chi connectivity index (χ1v) is 9.59. The van der Waals surface area contributed by atoms with Gasteiger partial charge < -0.3 is 15.4 Å². The van der Waals surface area contributed by atoms with E-state index in [1.807, 2.05) is 0 Å². The molecule has 1 aromatic rings. The number of nitrogens with one attached hydrogen (secondary N) is 2. The minimum Gasteiger partial charge on any atom is -0.384 e. The molecule has 1 aliphatic rings. The molecule has 1 aliphatic heterocycles. The standard InChI is InChI=1S/C15H23N3O5S/c1-23-11-15(5-7-16-8-6-15)10-17-13-4-3-12(24(2,21)22)9-14(13)18(19)20/h3-4,9,16-17H,5-8,10-11H2,1-2H3. The van der Waals surface area contributed by atoms with E-state index in [1.165, 1.54) is 12.1 Å². The van der Waals surface area contributed by atoms with Gasteiger partial charge in [0, 0.05) is 31.4 Å². The maximum absolute atomic E-state index is 11.6. The molecule has 0 spiro atoms. The van der Waals surface area contributed by atoms with Crippen LogP contribution in [0.25, 0.3) is 0 Å². The van der Waals surface area contributed by atoms with Crippen LogP contribution in [0.1, 0.15) is 12.8 Å². The number of hydrogen-bond acceptors (Lipinski definition) is 7. The largest absolute Gasteiger partial charge is 0.384 e. The third kappa shape index (κ3) is 4.43. The Kier molecular flexibility index (Phi) is 5.79. The Bertz CT molecular complexity index is 694. The van der Waals surface area contributed by atoms with Crippen molar-refractivity contribution in [2.75, 3.05) is 44.9 Å². The zero-order chi connectivity index (χ0) is 17.8. The van der Waals surface area contributed by atoms with Gasteiger partial charge in [-0.3, -0.25) is 10.1 Å². The summed E-state index contributed by atoms with van der Waals surface area (Å²) in [5.41, 5.74) is -0.00977. The smallest absolute Gasteiger partial charge is 0.293 e. The molecule has 1 fully saturated rings. The minimum atomic E-state index is -3.49. The van der Waals surface area contributed by atoms with Gasteiger partial charge in [0.05, 0.1) is 16.4 Å². The molecule has 0 unspecified atom stereocenters. The molecular weight excluding hydrogens is 334 g/mol. The first-order chi connectivity index (χ1) is 11.3. The van der Waals surface area contributed by atoms with E-state index in [9.17, 15) is 18.5 Å². The van der Waals surface area contributed by atoms with Crippen molar-refractivity contribution in [3.05, 3.63) is 28.3 Å². The Morgan fingerprint density at radius 2 is 2.04 bits per heavy atom. The van der Waals surface area contributed by atoms with Gasteiger partial charge in [0.15, 0.2) is 9.84 Å². The number of benzene rings is 1. The Morgan fingerprint density at radius 3 is 2.58 bits per heavy atom. The van der Waals surface area contributed by atoms with Gasteiger partial charge >= 0.3 is 0 Å². The first kappa shape index (κ1) is 18.6. The summed E-state index contributed by atoms with van der Waals surface area (Å²) in [6.07, 6.45) is 2.84. The van der Waals surface area contributed by atoms with Crippen molar-refractivity contribution in [3.63, 3.8) is 0 Å². The molecule has 0 atom stereocenters. The number of nitrogens with zero attached hydrogens (tertiary/aromatic N) is 1. The third-order valence-corrected chi connectivity index (χ3v) is 5.47. The summed E-state index contributed by atoms with van der Waals surface area (Å²) in [7, 11) is -1.85. The van der Waals surface area contributed by atoms with E-state index in [1.54, 1.807) is 7.11 Å². The predicted molar refractivity (Wildman–Crippen MR) is 91.1 cm³/mol. The molecule has 0 radical (unpaired) electrons. The van der Waals surface area contributed by atoms with E-state index >= 15 is 0 Å². The van der Waals surface area contributed by atoms with Gasteiger partial charge in [-0.25, -0.2) is 8.42 Å². The second-order valence-corrected chi connectivity index (χ2v) is 8.26. The molecule has 2 rings (SSSR count). The van der Waals surface area contributed by atoms with Crippen LogP contribution in [-0.2, 0) is 14.6 Å². The fourth-order valence-corrected chi connectivity index (χ4v) is 3.60. The Hall–Kier alpha value is -1.71. The van der Waals surface area contributed by atoms with E-state index in [0.717, 1.165) is 38.3 Å². The maximum Gasteiger partial charge on any atom is 0.293 e. The number of piperidine rings is 1. The molecule has 24 heavy (non-hydrogen) atoms. The SMILES string of the molecule is COCC1(CNc2ccc(S(C)(=O)=O)cc2[N+](=O)[O-])CCNCC1. The van der Waals surface area contributed by atoms with Gasteiger partial charge in [0.2, 0.25) is 0 Å². The molecule has 0 aromatic heterocycles. The van der Waals surface area contributed by atoms with Crippen molar-refractivity contribution < 1.29 is 18.1 Å². The van der Waals surface area contributed by atoms with Crippen molar-refractivity contribution in [3.8, 4) is 0 Å². The highest BCUT2D eigenvalue weighted by Gasteiger charge is 2.32. The second-order valence-electron chi connectivity index (χ2n) is 6.24. The molecule has 0 amide bonds. The highest BCUT2D eigenvalue weighted by Crippen LogP contribution is 2.32. The number of nitro groups is 1. The number of ether oxygens (including phenoxy) is 1. The summed E-state index contributed by atoms with van der Waals surface area (Å²) in [4.78, 5) is 10.7. The summed E-state index contributed by atoms with van der Waals surface area (Å²) in [6.45, 7) is 2.85. The van der Waals surface area contributed by atoms with Gasteiger partial charge in [-0.05, 0) is 38.1 Å². The van der Waals surface area contributed by atoms with Crippen molar-refractivity contribution in [2.45, 2.75) is 17.7 Å². The normalized spacial score (nSPS) is 17.4. The molecule has 134 valence electrons. The fourth-order valence-electron chi connectivity index (χ4n) is 2.96. The van der Waals surface area contributed by atoms with Gasteiger partial charge in [-0.1, -0.05) is 0 Å². The highest BCUT2D eigenvalue weighted by molar-refractivity contribution is 7.90. The number of rotatable bonds is 7. The molecule has 1 aromatic carbocycles. The lowest BCUT2D eigenvalue weighted by molar-refractivity contribution is -0.384. The quantitative estimate of drug-likeness (QED) is 0.561. The van der Waals surface area contributed by atoms with Crippen LogP contribution in [0.4, 0.5) is 11.4 Å². The van der Waals surface area contributed by atoms with Crippen molar-refractivity contribution in [1.29, 1.82) is 0 Å². The van der Waals surface area contributed by atoms with Crippen molar-refractivity contribution >= 4 is 21.2 Å². The van der Waals surface area contributed by atoms with Gasteiger partial charge in [0.25, 0.3) is 5.69 Å². The zero-order valence-corrected chi connectivity index (χ0v) is 14.7. The molecule has 9 heteroatoms. The molecule has 0 saturated carbocycles. The van der Waals surface area contributed by atoms with Crippen molar-refractivity contribution in [2.24, 2.45) is 5.41 Å². The summed E-state index contributed by atoms with van der Waals surface area (Å²) in [6, 6.07) is 3.94. The molecule has 2 N–H and O–H groups in total. The van der Waals surface area contributed by atoms with Crippen LogP contribution in [0, 0.1) is 15.5 Å². The predicted octanol–water partition coefficient (Wildman–Crippen LogP) is 1.43. The molecule has 0 bridgehead atoms. The second kappa shape index (κ2) is 7.45. The van der Waals surface area contributed by atoms with Crippen LogP contribution in [0.15, 0.2) is 23.1 Å². The average molecular weight is 357 g/mol. The Morgan fingerprint density at radius 1 is 1.38 bits per heavy atom. The van der Waals surface area contributed by atoms with E-state index in [0.29, 0.717) is 18.8 Å². The van der Waals surface area contributed by atoms with Gasteiger partial charge in [-0.2, -0.15) is 0 Å². The van der Waals surface area contributed by atoms with E-state index in [4.69, 9.17) is 4.74 Å². The minimum absolute atomic E-state index is 0.0618. The van der Waals surface area contributed by atoms with Crippen LogP contribution in [0.3, 0.4) is 0 Å². The van der Waals surface area contributed by atoms with E-state index in [-0.39, 0.29) is 16.0 Å². The lowest BCUT2D eigenvalue weighted by Crippen LogP contribution is -2.44. The van der Waals surface area contributed by atoms with E-state index in [2.05, 4.69) is 10.6 Å². The van der Waals surface area contributed by atoms with Crippen LogP contribution in [0.5, 0.6) is 0 Å². The summed E-state index contributed by atoms with van der Waals surface area (Å²) < 4.78 is 28.5. The average Bonchev–Trinajstić information content (AvgIpc) is 2.53. The lowest BCUT2D eigenvalue weighted by atomic mass is 9.79. The van der Waals surface area contributed by atoms with Crippen molar-refractivity contribution in [1.82, 2.24) is 5.32 Å². The van der Waals surface area contributed by atoms with E-state index < -0.39 is 14.8 Å². The number of sulfone groups is 1. The Balaban J connectivity index is 2.23. The summed E-state index contributed by atoms with van der Waals surface area (Å²) >= 11 is 0. The summed E-state index contributed by atoms with van der Waals surface area (Å²) in [5, 5.41) is 17.7. The molecule has 1 saturated heterocycles. The molecule has 1 heterocycles. The van der Waals surface area contributed by atoms with Crippen LogP contribution >= 0.6 is 0 Å². The molecule has 0 aliphatic carbocycles. The van der Waals surface area contributed by atoms with Crippen LogP contribution in [0.2, 0.25) is 0 Å². The monoisotopic (exact) mass is 357 g/mol. The maximum atomic E-state index is 11.6. The zero-order valence-electron chi connectivity index (χ0n) is 13.9. The lowest BCUT2D eigenvalue weighted by Gasteiger charge is -2.37. The van der Waals surface area contributed by atoms with Crippen LogP contribution in [-0.4, -0.2) is 52.9 Å². The highest BCUT2D eigenvalue weighted by atomic mass is 32.2. The Labute approximate surface area is 141 Å². The fraction of sp³-hybridized carbons (Fsp3) is 0.600. The number of anilines is 1. The number of nitro benzene ring substituents is 1. The summed E-state index contributed by atoms with van der Waals surface area (Å²) in [5.74, 6) is 0. The third-order valence-electron chi connectivity index (χ3n) is 4.36. The first-order valence-electron chi connectivity index (χ1n) is 7.69. The molecular formula is C15H23N3O5S.